The predicted octanol–water partition coefficient (Wildman–Crippen LogP) is 13.0. The van der Waals surface area contributed by atoms with Gasteiger partial charge in [0.05, 0.1) is 0 Å². The standard InChI is InChI=1S/C44H50/c1-41(2,3)34-18-14-19-35(42(4,5)6)38(34)27-22-23-28-31-24-25-32(29-16-13-17-30(39(29)31)33(28)26-27)40-36(43(7,8)9)20-15-21-37(40)44(10,11)12/h13-26H,1-12H3. The Morgan fingerprint density at radius 1 is 0.341 bits per heavy atom. The van der Waals surface area contributed by atoms with E-state index in [-0.39, 0.29) is 21.7 Å². The molecule has 1 aliphatic rings. The van der Waals surface area contributed by atoms with Crippen molar-refractivity contribution < 1.29 is 0 Å². The molecule has 0 heteroatoms. The summed E-state index contributed by atoms with van der Waals surface area (Å²) < 4.78 is 0. The fourth-order valence-corrected chi connectivity index (χ4v) is 7.44. The quantitative estimate of drug-likeness (QED) is 0.192. The highest BCUT2D eigenvalue weighted by atomic mass is 14.3. The molecule has 0 nitrogen and oxygen atoms in total. The third-order valence-electron chi connectivity index (χ3n) is 9.56. The Kier molecular flexibility index (Phi) is 6.86. The summed E-state index contributed by atoms with van der Waals surface area (Å²) in [6.07, 6.45) is 0. The van der Waals surface area contributed by atoms with Gasteiger partial charge in [-0.25, -0.2) is 0 Å². The molecule has 0 bridgehead atoms. The van der Waals surface area contributed by atoms with Crippen molar-refractivity contribution in [1.82, 2.24) is 0 Å². The van der Waals surface area contributed by atoms with Crippen molar-refractivity contribution in [2.45, 2.75) is 105 Å². The van der Waals surface area contributed by atoms with Gasteiger partial charge in [-0.3, -0.25) is 0 Å². The van der Waals surface area contributed by atoms with E-state index in [1.165, 1.54) is 77.5 Å². The van der Waals surface area contributed by atoms with Crippen molar-refractivity contribution in [1.29, 1.82) is 0 Å². The highest BCUT2D eigenvalue weighted by Gasteiger charge is 2.31. The number of rotatable bonds is 2. The second-order valence-electron chi connectivity index (χ2n) is 17.1. The van der Waals surface area contributed by atoms with Gasteiger partial charge in [-0.2, -0.15) is 0 Å². The van der Waals surface area contributed by atoms with Gasteiger partial charge < -0.3 is 0 Å². The summed E-state index contributed by atoms with van der Waals surface area (Å²) in [4.78, 5) is 0. The number of fused-ring (bicyclic) bond motifs is 3. The topological polar surface area (TPSA) is 0 Å². The van der Waals surface area contributed by atoms with Crippen LogP contribution in [0.25, 0.3) is 55.3 Å². The molecular weight excluding hydrogens is 528 g/mol. The Morgan fingerprint density at radius 3 is 1.25 bits per heavy atom. The van der Waals surface area contributed by atoms with Crippen molar-refractivity contribution >= 4 is 10.8 Å². The lowest BCUT2D eigenvalue weighted by Gasteiger charge is -2.31. The molecular formula is C44H50. The molecule has 0 unspecified atom stereocenters. The molecule has 226 valence electrons. The van der Waals surface area contributed by atoms with Gasteiger partial charge in [0.2, 0.25) is 0 Å². The largest absolute Gasteiger partial charge is 0.0616 e. The van der Waals surface area contributed by atoms with Crippen molar-refractivity contribution in [3.63, 3.8) is 0 Å². The fraction of sp³-hybridized carbons (Fsp3) is 0.364. The van der Waals surface area contributed by atoms with Crippen LogP contribution < -0.4 is 0 Å². The van der Waals surface area contributed by atoms with E-state index in [1.807, 2.05) is 0 Å². The van der Waals surface area contributed by atoms with Gasteiger partial charge >= 0.3 is 0 Å². The van der Waals surface area contributed by atoms with Gasteiger partial charge in [-0.1, -0.05) is 162 Å². The lowest BCUT2D eigenvalue weighted by molar-refractivity contribution is 0.571. The van der Waals surface area contributed by atoms with Gasteiger partial charge in [0.15, 0.2) is 0 Å². The maximum Gasteiger partial charge on any atom is -0.00201 e. The van der Waals surface area contributed by atoms with E-state index in [0.717, 1.165) is 0 Å². The molecule has 0 radical (unpaired) electrons. The van der Waals surface area contributed by atoms with E-state index in [1.54, 1.807) is 0 Å². The summed E-state index contributed by atoms with van der Waals surface area (Å²) >= 11 is 0. The average Bonchev–Trinajstić information content (AvgIpc) is 3.25. The van der Waals surface area contributed by atoms with Crippen molar-refractivity contribution in [3.05, 3.63) is 107 Å². The zero-order valence-electron chi connectivity index (χ0n) is 29.1. The molecule has 0 N–H and O–H groups in total. The minimum Gasteiger partial charge on any atom is -0.0616 e. The van der Waals surface area contributed by atoms with Crippen LogP contribution in [0.2, 0.25) is 0 Å². The van der Waals surface area contributed by atoms with Crippen LogP contribution in [0.3, 0.4) is 0 Å². The zero-order chi connectivity index (χ0) is 32.0. The van der Waals surface area contributed by atoms with E-state index in [0.29, 0.717) is 0 Å². The van der Waals surface area contributed by atoms with Crippen molar-refractivity contribution in [2.75, 3.05) is 0 Å². The summed E-state index contributed by atoms with van der Waals surface area (Å²) in [5.74, 6) is 0. The summed E-state index contributed by atoms with van der Waals surface area (Å²) in [6.45, 7) is 28.1. The van der Waals surface area contributed by atoms with Crippen LogP contribution in [-0.4, -0.2) is 0 Å². The summed E-state index contributed by atoms with van der Waals surface area (Å²) in [5, 5.41) is 2.74. The molecule has 1 aliphatic carbocycles. The van der Waals surface area contributed by atoms with Gasteiger partial charge in [0, 0.05) is 0 Å². The molecule has 44 heavy (non-hydrogen) atoms. The molecule has 5 aromatic carbocycles. The first-order valence-electron chi connectivity index (χ1n) is 16.4. The molecule has 0 aliphatic heterocycles. The summed E-state index contributed by atoms with van der Waals surface area (Å²) in [7, 11) is 0. The van der Waals surface area contributed by atoms with Crippen LogP contribution in [-0.2, 0) is 21.7 Å². The third-order valence-corrected chi connectivity index (χ3v) is 9.56. The molecule has 6 rings (SSSR count). The van der Waals surface area contributed by atoms with E-state index >= 15 is 0 Å². The molecule has 0 saturated heterocycles. The van der Waals surface area contributed by atoms with Crippen LogP contribution in [0.1, 0.15) is 105 Å². The highest BCUT2D eigenvalue weighted by Crippen LogP contribution is 2.53. The third kappa shape index (κ3) is 4.92. The maximum atomic E-state index is 2.48. The molecule has 0 heterocycles. The molecule has 0 amide bonds. The monoisotopic (exact) mass is 578 g/mol. The molecule has 5 aromatic rings. The van der Waals surface area contributed by atoms with Crippen LogP contribution in [0, 0.1) is 0 Å². The Bertz CT molecular complexity index is 1850. The van der Waals surface area contributed by atoms with E-state index in [4.69, 9.17) is 0 Å². The lowest BCUT2D eigenvalue weighted by Crippen LogP contribution is -2.19. The highest BCUT2D eigenvalue weighted by molar-refractivity contribution is 6.19. The second-order valence-corrected chi connectivity index (χ2v) is 17.1. The fourth-order valence-electron chi connectivity index (χ4n) is 7.44. The first-order valence-corrected chi connectivity index (χ1v) is 16.4. The van der Waals surface area contributed by atoms with Gasteiger partial charge in [0.1, 0.15) is 0 Å². The average molecular weight is 579 g/mol. The van der Waals surface area contributed by atoms with Crippen LogP contribution in [0.5, 0.6) is 0 Å². The SMILES string of the molecule is CC(C)(C)c1cccc(C(C)(C)C)c1-c1ccc2c(c1)-c1cccc3c(-c4c(C(C)(C)C)cccc4C(C)(C)C)ccc-2c13. The van der Waals surface area contributed by atoms with Gasteiger partial charge in [0.25, 0.3) is 0 Å². The van der Waals surface area contributed by atoms with E-state index in [9.17, 15) is 0 Å². The van der Waals surface area contributed by atoms with Crippen molar-refractivity contribution in [2.24, 2.45) is 0 Å². The predicted molar refractivity (Wildman–Crippen MR) is 194 cm³/mol. The maximum absolute atomic E-state index is 2.48. The smallest absolute Gasteiger partial charge is 0.00201 e. The molecule has 0 aromatic heterocycles. The second kappa shape index (κ2) is 9.93. The van der Waals surface area contributed by atoms with E-state index in [2.05, 4.69) is 168 Å². The summed E-state index contributed by atoms with van der Waals surface area (Å²) in [5.41, 5.74) is 16.7. The minimum absolute atomic E-state index is 0.0302. The number of benzene rings is 5. The molecule has 0 atom stereocenters. The van der Waals surface area contributed by atoms with Crippen LogP contribution in [0.15, 0.2) is 84.9 Å². The first-order chi connectivity index (χ1) is 20.4. The zero-order valence-corrected chi connectivity index (χ0v) is 29.1. The summed E-state index contributed by atoms with van der Waals surface area (Å²) in [6, 6.07) is 32.8. The van der Waals surface area contributed by atoms with Crippen molar-refractivity contribution in [3.8, 4) is 44.5 Å². The normalized spacial score (nSPS) is 13.5. The molecule has 0 fully saturated rings. The first kappa shape index (κ1) is 30.4. The lowest BCUT2D eigenvalue weighted by atomic mass is 9.73. The van der Waals surface area contributed by atoms with Gasteiger partial charge in [-0.15, -0.1) is 0 Å². The Morgan fingerprint density at radius 2 is 0.750 bits per heavy atom. The van der Waals surface area contributed by atoms with Crippen LogP contribution >= 0.6 is 0 Å². The molecule has 0 saturated carbocycles. The minimum atomic E-state index is 0.0302. The Balaban J connectivity index is 1.63. The van der Waals surface area contributed by atoms with Crippen LogP contribution in [0.4, 0.5) is 0 Å². The Hall–Kier alpha value is -3.64. The molecule has 0 spiro atoms. The van der Waals surface area contributed by atoms with E-state index < -0.39 is 0 Å². The number of hydrogen-bond acceptors (Lipinski definition) is 0. The Labute approximate surface area is 266 Å². The number of hydrogen-bond donors (Lipinski definition) is 0. The van der Waals surface area contributed by atoms with Gasteiger partial charge in [-0.05, 0) is 105 Å².